The summed E-state index contributed by atoms with van der Waals surface area (Å²) in [4.78, 5) is 4.04. The molecule has 0 aliphatic heterocycles. The molecule has 4 heteroatoms. The largest absolute Gasteiger partial charge is 0.494 e. The molecule has 0 aliphatic rings. The number of hydrogen-bond donors (Lipinski definition) is 2. The predicted octanol–water partition coefficient (Wildman–Crippen LogP) is 1.61. The molecule has 0 fully saturated rings. The van der Waals surface area contributed by atoms with E-state index in [1.165, 1.54) is 0 Å². The van der Waals surface area contributed by atoms with Crippen molar-refractivity contribution in [3.05, 3.63) is 23.3 Å². The third-order valence-electron chi connectivity index (χ3n) is 2.04. The molecule has 0 aliphatic carbocycles. The van der Waals surface area contributed by atoms with Gasteiger partial charge in [-0.1, -0.05) is 0 Å². The van der Waals surface area contributed by atoms with Crippen LogP contribution in [0.15, 0.2) is 17.1 Å². The molecule has 0 saturated heterocycles. The van der Waals surface area contributed by atoms with Crippen LogP contribution in [0.4, 0.5) is 5.69 Å². The van der Waals surface area contributed by atoms with Gasteiger partial charge < -0.3 is 16.2 Å². The average molecular weight is 207 g/mol. The fourth-order valence-electron chi connectivity index (χ4n) is 1.35. The SMILES string of the molecule is CCOc1cc(C)c(N=C(N)N)cc1C. The number of guanidine groups is 1. The van der Waals surface area contributed by atoms with Gasteiger partial charge in [-0.25, -0.2) is 4.99 Å². The Kier molecular flexibility index (Phi) is 3.55. The van der Waals surface area contributed by atoms with E-state index in [0.29, 0.717) is 6.61 Å². The Morgan fingerprint density at radius 3 is 2.47 bits per heavy atom. The summed E-state index contributed by atoms with van der Waals surface area (Å²) in [6, 6.07) is 3.86. The number of nitrogens with zero attached hydrogens (tertiary/aromatic N) is 1. The summed E-state index contributed by atoms with van der Waals surface area (Å²) < 4.78 is 5.47. The summed E-state index contributed by atoms with van der Waals surface area (Å²) in [6.45, 7) is 6.53. The molecular formula is C11H17N3O. The van der Waals surface area contributed by atoms with Gasteiger partial charge >= 0.3 is 0 Å². The minimum atomic E-state index is 0.0710. The van der Waals surface area contributed by atoms with Gasteiger partial charge in [0.05, 0.1) is 12.3 Å². The lowest BCUT2D eigenvalue weighted by Gasteiger charge is -2.10. The summed E-state index contributed by atoms with van der Waals surface area (Å²) in [5.74, 6) is 0.950. The number of rotatable bonds is 3. The molecule has 0 atom stereocenters. The highest BCUT2D eigenvalue weighted by atomic mass is 16.5. The van der Waals surface area contributed by atoms with Gasteiger partial charge in [0.15, 0.2) is 5.96 Å². The number of aryl methyl sites for hydroxylation is 2. The van der Waals surface area contributed by atoms with Gasteiger partial charge in [-0.15, -0.1) is 0 Å². The lowest BCUT2D eigenvalue weighted by Crippen LogP contribution is -2.22. The van der Waals surface area contributed by atoms with E-state index in [2.05, 4.69) is 4.99 Å². The van der Waals surface area contributed by atoms with Crippen molar-refractivity contribution in [1.82, 2.24) is 0 Å². The number of nitrogens with two attached hydrogens (primary N) is 2. The quantitative estimate of drug-likeness (QED) is 0.584. The van der Waals surface area contributed by atoms with E-state index in [4.69, 9.17) is 16.2 Å². The lowest BCUT2D eigenvalue weighted by molar-refractivity contribution is 0.337. The van der Waals surface area contributed by atoms with Crippen molar-refractivity contribution in [3.63, 3.8) is 0 Å². The van der Waals surface area contributed by atoms with E-state index >= 15 is 0 Å². The van der Waals surface area contributed by atoms with Crippen LogP contribution in [0.5, 0.6) is 5.75 Å². The third kappa shape index (κ3) is 2.87. The van der Waals surface area contributed by atoms with Crippen LogP contribution in [0, 0.1) is 13.8 Å². The summed E-state index contributed by atoms with van der Waals surface area (Å²) in [6.07, 6.45) is 0. The third-order valence-corrected chi connectivity index (χ3v) is 2.04. The van der Waals surface area contributed by atoms with Gasteiger partial charge in [0, 0.05) is 0 Å². The second-order valence-electron chi connectivity index (χ2n) is 3.37. The van der Waals surface area contributed by atoms with Crippen molar-refractivity contribution < 1.29 is 4.74 Å². The molecule has 0 unspecified atom stereocenters. The van der Waals surface area contributed by atoms with E-state index in [1.54, 1.807) is 0 Å². The van der Waals surface area contributed by atoms with E-state index < -0.39 is 0 Å². The Labute approximate surface area is 89.9 Å². The fourth-order valence-corrected chi connectivity index (χ4v) is 1.35. The molecular weight excluding hydrogens is 190 g/mol. The monoisotopic (exact) mass is 207 g/mol. The highest BCUT2D eigenvalue weighted by molar-refractivity contribution is 5.79. The normalized spacial score (nSPS) is 9.80. The molecule has 0 amide bonds. The van der Waals surface area contributed by atoms with Crippen LogP contribution in [-0.4, -0.2) is 12.6 Å². The van der Waals surface area contributed by atoms with Crippen LogP contribution >= 0.6 is 0 Å². The zero-order valence-corrected chi connectivity index (χ0v) is 9.37. The Balaban J connectivity index is 3.13. The molecule has 4 nitrogen and oxygen atoms in total. The Bertz CT molecular complexity index is 382. The molecule has 82 valence electrons. The zero-order chi connectivity index (χ0) is 11.4. The lowest BCUT2D eigenvalue weighted by atomic mass is 10.1. The van der Waals surface area contributed by atoms with Gasteiger partial charge in [0.2, 0.25) is 0 Å². The second-order valence-corrected chi connectivity index (χ2v) is 3.37. The van der Waals surface area contributed by atoms with Crippen molar-refractivity contribution >= 4 is 11.6 Å². The number of aliphatic imine (C=N–C) groups is 1. The first kappa shape index (κ1) is 11.4. The second kappa shape index (κ2) is 4.68. The maximum atomic E-state index is 5.47. The first-order valence-electron chi connectivity index (χ1n) is 4.88. The molecule has 0 bridgehead atoms. The zero-order valence-electron chi connectivity index (χ0n) is 9.37. The summed E-state index contributed by atoms with van der Waals surface area (Å²) in [7, 11) is 0. The topological polar surface area (TPSA) is 73.6 Å². The van der Waals surface area contributed by atoms with E-state index in [1.807, 2.05) is 32.9 Å². The number of ether oxygens (including phenoxy) is 1. The molecule has 1 rings (SSSR count). The Morgan fingerprint density at radius 2 is 1.93 bits per heavy atom. The van der Waals surface area contributed by atoms with Crippen LogP contribution in [0.25, 0.3) is 0 Å². The Hall–Kier alpha value is -1.71. The van der Waals surface area contributed by atoms with Gasteiger partial charge in [-0.05, 0) is 44.0 Å². The van der Waals surface area contributed by atoms with Crippen LogP contribution in [0.3, 0.4) is 0 Å². The van der Waals surface area contributed by atoms with E-state index in [9.17, 15) is 0 Å². The maximum Gasteiger partial charge on any atom is 0.191 e. The van der Waals surface area contributed by atoms with Crippen LogP contribution < -0.4 is 16.2 Å². The van der Waals surface area contributed by atoms with Crippen molar-refractivity contribution in [3.8, 4) is 5.75 Å². The molecule has 0 heterocycles. The number of benzene rings is 1. The smallest absolute Gasteiger partial charge is 0.191 e. The Morgan fingerprint density at radius 1 is 1.27 bits per heavy atom. The van der Waals surface area contributed by atoms with Crippen LogP contribution in [0.2, 0.25) is 0 Å². The molecule has 1 aromatic rings. The molecule has 15 heavy (non-hydrogen) atoms. The van der Waals surface area contributed by atoms with Crippen LogP contribution in [-0.2, 0) is 0 Å². The first-order chi connectivity index (χ1) is 7.04. The molecule has 0 saturated carbocycles. The fraction of sp³-hybridized carbons (Fsp3) is 0.364. The summed E-state index contributed by atoms with van der Waals surface area (Å²) in [5, 5.41) is 0. The highest BCUT2D eigenvalue weighted by Gasteiger charge is 2.04. The first-order valence-corrected chi connectivity index (χ1v) is 4.88. The van der Waals surface area contributed by atoms with Crippen molar-refractivity contribution in [2.75, 3.05) is 6.61 Å². The predicted molar refractivity (Wildman–Crippen MR) is 62.6 cm³/mol. The summed E-state index contributed by atoms with van der Waals surface area (Å²) in [5.41, 5.74) is 13.5. The van der Waals surface area contributed by atoms with E-state index in [0.717, 1.165) is 22.6 Å². The van der Waals surface area contributed by atoms with Crippen molar-refractivity contribution in [2.45, 2.75) is 20.8 Å². The highest BCUT2D eigenvalue weighted by Crippen LogP contribution is 2.27. The standard InChI is InChI=1S/C11H17N3O/c1-4-15-10-6-7(2)9(5-8(10)3)14-11(12)13/h5-6H,4H2,1-3H3,(H4,12,13,14). The van der Waals surface area contributed by atoms with Crippen LogP contribution in [0.1, 0.15) is 18.1 Å². The van der Waals surface area contributed by atoms with Gasteiger partial charge in [-0.2, -0.15) is 0 Å². The molecule has 0 aromatic heterocycles. The molecule has 0 radical (unpaired) electrons. The minimum absolute atomic E-state index is 0.0710. The van der Waals surface area contributed by atoms with Crippen molar-refractivity contribution in [1.29, 1.82) is 0 Å². The number of hydrogen-bond acceptors (Lipinski definition) is 2. The van der Waals surface area contributed by atoms with Gasteiger partial charge in [-0.3, -0.25) is 0 Å². The van der Waals surface area contributed by atoms with Gasteiger partial charge in [0.25, 0.3) is 0 Å². The average Bonchev–Trinajstić information content (AvgIpc) is 2.13. The molecule has 1 aromatic carbocycles. The maximum absolute atomic E-state index is 5.47. The molecule has 0 spiro atoms. The molecule has 4 N–H and O–H groups in total. The summed E-state index contributed by atoms with van der Waals surface area (Å²) >= 11 is 0. The minimum Gasteiger partial charge on any atom is -0.494 e. The van der Waals surface area contributed by atoms with Crippen molar-refractivity contribution in [2.24, 2.45) is 16.5 Å². The van der Waals surface area contributed by atoms with E-state index in [-0.39, 0.29) is 5.96 Å². The van der Waals surface area contributed by atoms with Gasteiger partial charge in [0.1, 0.15) is 5.75 Å².